The zero-order valence-corrected chi connectivity index (χ0v) is 11.4. The van der Waals surface area contributed by atoms with Crippen LogP contribution in [0.2, 0.25) is 0 Å². The largest absolute Gasteiger partial charge is 0.474 e. The third kappa shape index (κ3) is 4.59. The van der Waals surface area contributed by atoms with Gasteiger partial charge in [-0.15, -0.1) is 0 Å². The fraction of sp³-hybridized carbons (Fsp3) is 0.692. The Kier molecular flexibility index (Phi) is 5.19. The van der Waals surface area contributed by atoms with Crippen LogP contribution in [-0.2, 0) is 0 Å². The minimum absolute atomic E-state index is 0.119. The third-order valence-corrected chi connectivity index (χ3v) is 2.59. The van der Waals surface area contributed by atoms with E-state index >= 15 is 0 Å². The summed E-state index contributed by atoms with van der Waals surface area (Å²) in [6.07, 6.45) is 2.15. The number of rotatable bonds is 6. The standard InChI is InChI=1S/C13H22N2O2/c1-6-10(4)16-12-8-9(3)14-13(15-12)17-11(5)7-2/h8,10-11H,6-7H2,1-5H3. The van der Waals surface area contributed by atoms with Crippen LogP contribution in [0.5, 0.6) is 11.9 Å². The SMILES string of the molecule is CCC(C)Oc1cc(C)nc(OC(C)CC)n1. The van der Waals surface area contributed by atoms with Gasteiger partial charge in [0.2, 0.25) is 5.88 Å². The maximum atomic E-state index is 5.67. The fourth-order valence-electron chi connectivity index (χ4n) is 1.18. The van der Waals surface area contributed by atoms with Crippen LogP contribution in [0.4, 0.5) is 0 Å². The molecule has 1 aromatic heterocycles. The molecular formula is C13H22N2O2. The van der Waals surface area contributed by atoms with E-state index in [2.05, 4.69) is 23.8 Å². The summed E-state index contributed by atoms with van der Waals surface area (Å²) >= 11 is 0. The molecule has 0 aliphatic heterocycles. The van der Waals surface area contributed by atoms with Crippen LogP contribution < -0.4 is 9.47 Å². The Morgan fingerprint density at radius 1 is 1.06 bits per heavy atom. The first-order valence-electron chi connectivity index (χ1n) is 6.24. The third-order valence-electron chi connectivity index (χ3n) is 2.59. The number of hydrogen-bond donors (Lipinski definition) is 0. The molecule has 0 aliphatic carbocycles. The average Bonchev–Trinajstić information content (AvgIpc) is 2.27. The van der Waals surface area contributed by atoms with Gasteiger partial charge in [-0.25, -0.2) is 4.98 Å². The van der Waals surface area contributed by atoms with E-state index in [9.17, 15) is 0 Å². The van der Waals surface area contributed by atoms with E-state index in [1.54, 1.807) is 0 Å². The molecule has 0 fully saturated rings. The van der Waals surface area contributed by atoms with Crippen molar-refractivity contribution in [2.45, 2.75) is 59.7 Å². The van der Waals surface area contributed by atoms with Crippen molar-refractivity contribution in [3.8, 4) is 11.9 Å². The summed E-state index contributed by atoms with van der Waals surface area (Å²) in [4.78, 5) is 8.50. The number of ether oxygens (including phenoxy) is 2. The summed E-state index contributed by atoms with van der Waals surface area (Å²) < 4.78 is 11.3. The van der Waals surface area contributed by atoms with Crippen LogP contribution in [0.3, 0.4) is 0 Å². The van der Waals surface area contributed by atoms with Gasteiger partial charge in [0, 0.05) is 11.8 Å². The lowest BCUT2D eigenvalue weighted by Crippen LogP contribution is -2.15. The van der Waals surface area contributed by atoms with Gasteiger partial charge in [0.15, 0.2) is 0 Å². The normalized spacial score (nSPS) is 14.2. The zero-order chi connectivity index (χ0) is 12.8. The van der Waals surface area contributed by atoms with E-state index in [4.69, 9.17) is 9.47 Å². The predicted octanol–water partition coefficient (Wildman–Crippen LogP) is 3.14. The molecule has 4 heteroatoms. The summed E-state index contributed by atoms with van der Waals surface area (Å²) in [6.45, 7) is 10.1. The average molecular weight is 238 g/mol. The number of hydrogen-bond acceptors (Lipinski definition) is 4. The molecule has 0 spiro atoms. The summed E-state index contributed by atoms with van der Waals surface area (Å²) in [5.41, 5.74) is 0.858. The molecule has 0 radical (unpaired) electrons. The van der Waals surface area contributed by atoms with Crippen LogP contribution in [0.25, 0.3) is 0 Å². The minimum atomic E-state index is 0.119. The highest BCUT2D eigenvalue weighted by molar-refractivity contribution is 5.17. The van der Waals surface area contributed by atoms with E-state index in [0.717, 1.165) is 18.5 Å². The van der Waals surface area contributed by atoms with Gasteiger partial charge < -0.3 is 9.47 Å². The molecule has 4 nitrogen and oxygen atoms in total. The maximum Gasteiger partial charge on any atom is 0.320 e. The molecule has 1 heterocycles. The van der Waals surface area contributed by atoms with Crippen molar-refractivity contribution >= 4 is 0 Å². The van der Waals surface area contributed by atoms with Crippen LogP contribution in [-0.4, -0.2) is 22.2 Å². The number of aromatic nitrogens is 2. The lowest BCUT2D eigenvalue weighted by Gasteiger charge is -2.14. The molecular weight excluding hydrogens is 216 g/mol. The first kappa shape index (κ1) is 13.7. The minimum Gasteiger partial charge on any atom is -0.474 e. The number of aryl methyl sites for hydroxylation is 1. The molecule has 0 aromatic carbocycles. The van der Waals surface area contributed by atoms with Crippen molar-refractivity contribution in [2.75, 3.05) is 0 Å². The Balaban J connectivity index is 2.79. The van der Waals surface area contributed by atoms with Crippen molar-refractivity contribution in [1.29, 1.82) is 0 Å². The molecule has 0 bridgehead atoms. The highest BCUT2D eigenvalue weighted by Crippen LogP contribution is 2.17. The highest BCUT2D eigenvalue weighted by Gasteiger charge is 2.09. The Hall–Kier alpha value is -1.32. The molecule has 0 saturated carbocycles. The van der Waals surface area contributed by atoms with E-state index in [1.165, 1.54) is 0 Å². The van der Waals surface area contributed by atoms with Gasteiger partial charge in [-0.2, -0.15) is 4.98 Å². The van der Waals surface area contributed by atoms with E-state index in [1.807, 2.05) is 26.8 Å². The predicted molar refractivity (Wildman–Crippen MR) is 67.5 cm³/mol. The molecule has 2 atom stereocenters. The zero-order valence-electron chi connectivity index (χ0n) is 11.4. The van der Waals surface area contributed by atoms with E-state index in [-0.39, 0.29) is 12.2 Å². The highest BCUT2D eigenvalue weighted by atomic mass is 16.5. The monoisotopic (exact) mass is 238 g/mol. The summed E-state index contributed by atoms with van der Waals surface area (Å²) in [5.74, 6) is 0.588. The molecule has 0 amide bonds. The van der Waals surface area contributed by atoms with E-state index in [0.29, 0.717) is 11.9 Å². The molecule has 1 aromatic rings. The van der Waals surface area contributed by atoms with Crippen LogP contribution >= 0.6 is 0 Å². The summed E-state index contributed by atoms with van der Waals surface area (Å²) in [6, 6.07) is 2.23. The molecule has 2 unspecified atom stereocenters. The van der Waals surface area contributed by atoms with Gasteiger partial charge in [-0.05, 0) is 33.6 Å². The van der Waals surface area contributed by atoms with Gasteiger partial charge in [0.25, 0.3) is 0 Å². The fourth-order valence-corrected chi connectivity index (χ4v) is 1.18. The maximum absolute atomic E-state index is 5.67. The van der Waals surface area contributed by atoms with E-state index < -0.39 is 0 Å². The smallest absolute Gasteiger partial charge is 0.320 e. The first-order valence-corrected chi connectivity index (χ1v) is 6.24. The molecule has 1 rings (SSSR count). The summed E-state index contributed by atoms with van der Waals surface area (Å²) in [5, 5.41) is 0. The Labute approximate surface area is 103 Å². The Morgan fingerprint density at radius 2 is 1.65 bits per heavy atom. The molecule has 0 saturated heterocycles. The second-order valence-corrected chi connectivity index (χ2v) is 4.30. The Morgan fingerprint density at radius 3 is 2.24 bits per heavy atom. The van der Waals surface area contributed by atoms with Crippen molar-refractivity contribution < 1.29 is 9.47 Å². The lowest BCUT2D eigenvalue weighted by atomic mass is 10.3. The topological polar surface area (TPSA) is 44.2 Å². The van der Waals surface area contributed by atoms with Crippen LogP contribution in [0.1, 0.15) is 46.2 Å². The van der Waals surface area contributed by atoms with Gasteiger partial charge in [-0.3, -0.25) is 0 Å². The number of nitrogens with zero attached hydrogens (tertiary/aromatic N) is 2. The molecule has 0 N–H and O–H groups in total. The van der Waals surface area contributed by atoms with Crippen LogP contribution in [0, 0.1) is 6.92 Å². The molecule has 0 aliphatic rings. The second kappa shape index (κ2) is 6.42. The van der Waals surface area contributed by atoms with Gasteiger partial charge >= 0.3 is 6.01 Å². The van der Waals surface area contributed by atoms with Gasteiger partial charge in [0.05, 0.1) is 12.2 Å². The van der Waals surface area contributed by atoms with Crippen LogP contribution in [0.15, 0.2) is 6.07 Å². The van der Waals surface area contributed by atoms with Gasteiger partial charge in [-0.1, -0.05) is 13.8 Å². The summed E-state index contributed by atoms with van der Waals surface area (Å²) in [7, 11) is 0. The van der Waals surface area contributed by atoms with Crippen molar-refractivity contribution in [3.63, 3.8) is 0 Å². The lowest BCUT2D eigenvalue weighted by molar-refractivity contribution is 0.181. The molecule has 17 heavy (non-hydrogen) atoms. The second-order valence-electron chi connectivity index (χ2n) is 4.30. The van der Waals surface area contributed by atoms with Crippen molar-refractivity contribution in [1.82, 2.24) is 9.97 Å². The van der Waals surface area contributed by atoms with Crippen molar-refractivity contribution in [3.05, 3.63) is 11.8 Å². The van der Waals surface area contributed by atoms with Crippen molar-refractivity contribution in [2.24, 2.45) is 0 Å². The molecule has 96 valence electrons. The quantitative estimate of drug-likeness (QED) is 0.763. The Bertz CT molecular complexity index is 325. The van der Waals surface area contributed by atoms with Gasteiger partial charge in [0.1, 0.15) is 0 Å². The first-order chi connectivity index (χ1) is 8.05.